The molecule has 0 radical (unpaired) electrons. The first-order valence-electron chi connectivity index (χ1n) is 9.66. The third-order valence-corrected chi connectivity index (χ3v) is 5.51. The Morgan fingerprint density at radius 1 is 1.19 bits per heavy atom. The second-order valence-electron chi connectivity index (χ2n) is 7.32. The molecule has 1 aliphatic rings. The molecule has 154 valence electrons. The van der Waals surface area contributed by atoms with Gasteiger partial charge in [0.2, 0.25) is 5.82 Å². The minimum atomic E-state index is -0.343. The molecule has 0 aliphatic carbocycles. The van der Waals surface area contributed by atoms with Crippen LogP contribution in [-0.2, 0) is 13.1 Å². The van der Waals surface area contributed by atoms with Crippen molar-refractivity contribution in [2.45, 2.75) is 13.1 Å². The summed E-state index contributed by atoms with van der Waals surface area (Å²) in [4.78, 5) is 10.3. The van der Waals surface area contributed by atoms with Gasteiger partial charge in [0.1, 0.15) is 29.8 Å². The van der Waals surface area contributed by atoms with Crippen LogP contribution in [0.15, 0.2) is 53.4 Å². The molecule has 0 saturated carbocycles. The molecule has 0 atom stereocenters. The quantitative estimate of drug-likeness (QED) is 0.454. The van der Waals surface area contributed by atoms with Crippen molar-refractivity contribution in [3.8, 4) is 22.9 Å². The highest BCUT2D eigenvalue weighted by atomic mass is 35.5. The van der Waals surface area contributed by atoms with Crippen LogP contribution in [0.25, 0.3) is 22.1 Å². The van der Waals surface area contributed by atoms with Gasteiger partial charge in [-0.1, -0.05) is 11.6 Å². The van der Waals surface area contributed by atoms with Gasteiger partial charge in [-0.2, -0.15) is 5.26 Å². The van der Waals surface area contributed by atoms with Crippen molar-refractivity contribution >= 4 is 22.6 Å². The number of rotatable bonds is 3. The molecule has 6 nitrogen and oxygen atoms in total. The third-order valence-electron chi connectivity index (χ3n) is 5.23. The zero-order chi connectivity index (χ0) is 21.4. The van der Waals surface area contributed by atoms with E-state index in [9.17, 15) is 4.39 Å². The molecule has 31 heavy (non-hydrogen) atoms. The molecule has 5 rings (SSSR count). The average Bonchev–Trinajstić information content (AvgIpc) is 3.07. The first kappa shape index (κ1) is 19.5. The van der Waals surface area contributed by atoms with E-state index in [1.54, 1.807) is 24.7 Å². The lowest BCUT2D eigenvalue weighted by atomic mass is 10.0. The van der Waals surface area contributed by atoms with Crippen LogP contribution in [0, 0.1) is 17.1 Å². The minimum Gasteiger partial charge on any atom is -0.490 e. The van der Waals surface area contributed by atoms with Gasteiger partial charge in [0.15, 0.2) is 0 Å². The highest BCUT2D eigenvalue weighted by molar-refractivity contribution is 6.32. The van der Waals surface area contributed by atoms with Crippen LogP contribution in [-0.4, -0.2) is 28.0 Å². The van der Waals surface area contributed by atoms with E-state index >= 15 is 0 Å². The molecule has 4 aromatic rings. The minimum absolute atomic E-state index is 0.150. The zero-order valence-electron chi connectivity index (χ0n) is 16.3. The molecule has 0 bridgehead atoms. The molecule has 8 heteroatoms. The largest absolute Gasteiger partial charge is 0.490 e. The van der Waals surface area contributed by atoms with Crippen LogP contribution in [0.3, 0.4) is 0 Å². The van der Waals surface area contributed by atoms with Crippen molar-refractivity contribution in [1.82, 2.24) is 14.9 Å². The van der Waals surface area contributed by atoms with Gasteiger partial charge in [-0.05, 0) is 29.8 Å². The van der Waals surface area contributed by atoms with Crippen LogP contribution >= 0.6 is 11.6 Å². The fraction of sp³-hybridized carbons (Fsp3) is 0.174. The summed E-state index contributed by atoms with van der Waals surface area (Å²) in [5.41, 5.74) is 4.07. The SMILES string of the molecule is N#Cc1ncc(CN2CCOc3c(Cl)cc(-c4coc5cc(F)ccc45)cc3C2)cn1. The molecule has 1 aliphatic heterocycles. The van der Waals surface area contributed by atoms with Gasteiger partial charge >= 0.3 is 0 Å². The Hall–Kier alpha value is -3.47. The Morgan fingerprint density at radius 2 is 2.03 bits per heavy atom. The number of benzene rings is 2. The normalized spacial score (nSPS) is 14.0. The molecule has 0 spiro atoms. The molecule has 0 fully saturated rings. The summed E-state index contributed by atoms with van der Waals surface area (Å²) >= 11 is 6.57. The molecular formula is C23H16ClFN4O2. The molecule has 0 N–H and O–H groups in total. The van der Waals surface area contributed by atoms with E-state index in [1.807, 2.05) is 18.2 Å². The third kappa shape index (κ3) is 3.83. The van der Waals surface area contributed by atoms with Gasteiger partial charge in [0, 0.05) is 60.2 Å². The van der Waals surface area contributed by atoms with E-state index in [0.29, 0.717) is 42.6 Å². The lowest BCUT2D eigenvalue weighted by Gasteiger charge is -2.19. The Labute approximate surface area is 182 Å². The van der Waals surface area contributed by atoms with E-state index in [4.69, 9.17) is 26.0 Å². The van der Waals surface area contributed by atoms with Crippen LogP contribution in [0.1, 0.15) is 17.0 Å². The number of nitriles is 1. The molecule has 0 amide bonds. The maximum absolute atomic E-state index is 13.5. The summed E-state index contributed by atoms with van der Waals surface area (Å²) in [6.07, 6.45) is 4.95. The number of halogens is 2. The summed E-state index contributed by atoms with van der Waals surface area (Å²) in [5.74, 6) is 0.476. The lowest BCUT2D eigenvalue weighted by molar-refractivity contribution is 0.219. The van der Waals surface area contributed by atoms with Gasteiger partial charge in [-0.25, -0.2) is 14.4 Å². The van der Waals surface area contributed by atoms with Gasteiger partial charge in [0.05, 0.1) is 11.3 Å². The molecule has 2 aromatic carbocycles. The van der Waals surface area contributed by atoms with Gasteiger partial charge in [0.25, 0.3) is 0 Å². The fourth-order valence-electron chi connectivity index (χ4n) is 3.79. The lowest BCUT2D eigenvalue weighted by Crippen LogP contribution is -2.25. The van der Waals surface area contributed by atoms with Crippen LogP contribution in [0.2, 0.25) is 5.02 Å². The number of nitrogens with zero attached hydrogens (tertiary/aromatic N) is 4. The number of furan rings is 1. The predicted molar refractivity (Wildman–Crippen MR) is 113 cm³/mol. The number of fused-ring (bicyclic) bond motifs is 2. The Balaban J connectivity index is 1.47. The number of hydrogen-bond donors (Lipinski definition) is 0. The monoisotopic (exact) mass is 434 g/mol. The highest BCUT2D eigenvalue weighted by Gasteiger charge is 2.21. The topological polar surface area (TPSA) is 75.2 Å². The second-order valence-corrected chi connectivity index (χ2v) is 7.73. The van der Waals surface area contributed by atoms with Crippen LogP contribution in [0.4, 0.5) is 4.39 Å². The summed E-state index contributed by atoms with van der Waals surface area (Å²) in [6, 6.07) is 10.3. The summed E-state index contributed by atoms with van der Waals surface area (Å²) in [6.45, 7) is 2.43. The number of hydrogen-bond acceptors (Lipinski definition) is 6. The number of aromatic nitrogens is 2. The van der Waals surface area contributed by atoms with Crippen LogP contribution < -0.4 is 4.74 Å². The smallest absolute Gasteiger partial charge is 0.232 e. The van der Waals surface area contributed by atoms with Crippen molar-refractivity contribution in [3.63, 3.8) is 0 Å². The van der Waals surface area contributed by atoms with Crippen molar-refractivity contribution < 1.29 is 13.5 Å². The van der Waals surface area contributed by atoms with Gasteiger partial charge in [-0.3, -0.25) is 4.90 Å². The van der Waals surface area contributed by atoms with E-state index < -0.39 is 0 Å². The first-order valence-corrected chi connectivity index (χ1v) is 10.0. The van der Waals surface area contributed by atoms with E-state index in [0.717, 1.165) is 27.6 Å². The standard InChI is InChI=1S/C23H16ClFN4O2/c24-20-6-15(19-13-31-21-7-17(25)1-2-18(19)21)5-16-12-29(3-4-30-23(16)20)11-14-9-27-22(8-26)28-10-14/h1-2,5-7,9-10,13H,3-4,11-12H2. The maximum Gasteiger partial charge on any atom is 0.232 e. The maximum atomic E-state index is 13.5. The molecule has 3 heterocycles. The Bertz CT molecular complexity index is 1310. The van der Waals surface area contributed by atoms with E-state index in [1.165, 1.54) is 12.1 Å². The predicted octanol–water partition coefficient (Wildman–Crippen LogP) is 4.95. The zero-order valence-corrected chi connectivity index (χ0v) is 17.1. The van der Waals surface area contributed by atoms with E-state index in [-0.39, 0.29) is 11.6 Å². The molecule has 0 saturated heterocycles. The number of ether oxygens (including phenoxy) is 1. The molecular weight excluding hydrogens is 419 g/mol. The molecule has 2 aromatic heterocycles. The fourth-order valence-corrected chi connectivity index (χ4v) is 4.09. The van der Waals surface area contributed by atoms with Crippen molar-refractivity contribution in [2.75, 3.05) is 13.2 Å². The average molecular weight is 435 g/mol. The summed E-state index contributed by atoms with van der Waals surface area (Å²) < 4.78 is 25.0. The van der Waals surface area contributed by atoms with Crippen molar-refractivity contribution in [1.29, 1.82) is 5.26 Å². The van der Waals surface area contributed by atoms with Gasteiger partial charge in [-0.15, -0.1) is 0 Å². The first-order chi connectivity index (χ1) is 15.1. The van der Waals surface area contributed by atoms with Crippen LogP contribution in [0.5, 0.6) is 5.75 Å². The van der Waals surface area contributed by atoms with E-state index in [2.05, 4.69) is 14.9 Å². The summed E-state index contributed by atoms with van der Waals surface area (Å²) in [7, 11) is 0. The molecule has 0 unspecified atom stereocenters. The van der Waals surface area contributed by atoms with Crippen molar-refractivity contribution in [3.05, 3.63) is 76.8 Å². The van der Waals surface area contributed by atoms with Crippen molar-refractivity contribution in [2.24, 2.45) is 0 Å². The second kappa shape index (κ2) is 7.99. The van der Waals surface area contributed by atoms with Gasteiger partial charge < -0.3 is 9.15 Å². The Morgan fingerprint density at radius 3 is 2.84 bits per heavy atom. The Kier molecular flexibility index (Phi) is 5.02. The highest BCUT2D eigenvalue weighted by Crippen LogP contribution is 2.39. The summed E-state index contributed by atoms with van der Waals surface area (Å²) in [5, 5.41) is 10.2.